The van der Waals surface area contributed by atoms with E-state index in [1.807, 2.05) is 28.8 Å². The highest BCUT2D eigenvalue weighted by atomic mass is 127. The number of benzene rings is 1. The first-order chi connectivity index (χ1) is 9.43. The van der Waals surface area contributed by atoms with Crippen molar-refractivity contribution in [3.8, 4) is 0 Å². The molecule has 0 aliphatic carbocycles. The van der Waals surface area contributed by atoms with Gasteiger partial charge in [0, 0.05) is 8.59 Å². The number of anilines is 1. The summed E-state index contributed by atoms with van der Waals surface area (Å²) >= 11 is 9.40. The third-order valence-electron chi connectivity index (χ3n) is 2.39. The average molecular weight is 429 g/mol. The lowest BCUT2D eigenvalue weighted by molar-refractivity contribution is -0.139. The van der Waals surface area contributed by atoms with Crippen LogP contribution in [-0.2, 0) is 4.79 Å². The standard InChI is InChI=1S/C12H14ClIN2O3S/c1-20-5-4-10(11(17)18)16-12(19)15-9-3-2-7(13)6-8(9)14/h2-3,6,10H,4-5H2,1H3,(H,17,18)(H2,15,16,19)/t10-/m1/s1. The summed E-state index contributed by atoms with van der Waals surface area (Å²) < 4.78 is 0.779. The zero-order chi connectivity index (χ0) is 15.1. The minimum Gasteiger partial charge on any atom is -0.480 e. The molecule has 1 rings (SSSR count). The number of hydrogen-bond acceptors (Lipinski definition) is 3. The highest BCUT2D eigenvalue weighted by molar-refractivity contribution is 14.1. The van der Waals surface area contributed by atoms with E-state index in [9.17, 15) is 9.59 Å². The Morgan fingerprint density at radius 3 is 2.75 bits per heavy atom. The maximum atomic E-state index is 11.8. The zero-order valence-electron chi connectivity index (χ0n) is 10.7. The first-order valence-electron chi connectivity index (χ1n) is 5.68. The molecular formula is C12H14ClIN2O3S. The van der Waals surface area contributed by atoms with Gasteiger partial charge < -0.3 is 15.7 Å². The van der Waals surface area contributed by atoms with Crippen LogP contribution in [0, 0.1) is 3.57 Å². The van der Waals surface area contributed by atoms with Crippen LogP contribution in [0.3, 0.4) is 0 Å². The van der Waals surface area contributed by atoms with E-state index < -0.39 is 18.0 Å². The molecule has 1 atom stereocenters. The van der Waals surface area contributed by atoms with Crippen molar-refractivity contribution in [3.63, 3.8) is 0 Å². The molecule has 0 aliphatic rings. The van der Waals surface area contributed by atoms with Crippen molar-refractivity contribution < 1.29 is 14.7 Å². The third-order valence-corrected chi connectivity index (χ3v) is 4.16. The molecule has 0 aliphatic heterocycles. The van der Waals surface area contributed by atoms with Gasteiger partial charge in [0.1, 0.15) is 6.04 Å². The molecule has 0 saturated heterocycles. The zero-order valence-corrected chi connectivity index (χ0v) is 14.4. The van der Waals surface area contributed by atoms with E-state index in [4.69, 9.17) is 16.7 Å². The summed E-state index contributed by atoms with van der Waals surface area (Å²) in [6.07, 6.45) is 2.26. The van der Waals surface area contributed by atoms with Gasteiger partial charge in [-0.3, -0.25) is 0 Å². The Kier molecular flexibility index (Phi) is 7.46. The van der Waals surface area contributed by atoms with Crippen molar-refractivity contribution in [3.05, 3.63) is 26.8 Å². The van der Waals surface area contributed by atoms with Crippen LogP contribution in [0.5, 0.6) is 0 Å². The third kappa shape index (κ3) is 5.76. The fourth-order valence-corrected chi connectivity index (χ4v) is 2.88. The van der Waals surface area contributed by atoms with Crippen LogP contribution in [0.2, 0.25) is 5.02 Å². The van der Waals surface area contributed by atoms with Gasteiger partial charge in [0.05, 0.1) is 5.69 Å². The number of carboxylic acid groups (broad SMARTS) is 1. The Labute approximate surface area is 140 Å². The second-order valence-electron chi connectivity index (χ2n) is 3.89. The minimum absolute atomic E-state index is 0.377. The maximum absolute atomic E-state index is 11.8. The average Bonchev–Trinajstić information content (AvgIpc) is 2.37. The Balaban J connectivity index is 2.63. The van der Waals surface area contributed by atoms with Crippen molar-refractivity contribution in [1.29, 1.82) is 0 Å². The summed E-state index contributed by atoms with van der Waals surface area (Å²) in [5.74, 6) is -0.379. The molecule has 0 unspecified atom stereocenters. The number of halogens is 2. The fourth-order valence-electron chi connectivity index (χ4n) is 1.40. The number of hydrogen-bond donors (Lipinski definition) is 3. The largest absolute Gasteiger partial charge is 0.480 e. The van der Waals surface area contributed by atoms with Crippen molar-refractivity contribution >= 4 is 63.6 Å². The Morgan fingerprint density at radius 1 is 1.50 bits per heavy atom. The van der Waals surface area contributed by atoms with E-state index in [-0.39, 0.29) is 0 Å². The molecule has 3 N–H and O–H groups in total. The summed E-state index contributed by atoms with van der Waals surface area (Å²) in [5, 5.41) is 14.7. The van der Waals surface area contributed by atoms with Gasteiger partial charge in [-0.05, 0) is 59.2 Å². The molecule has 2 amide bonds. The summed E-state index contributed by atoms with van der Waals surface area (Å²) in [7, 11) is 0. The number of carboxylic acids is 1. The Bertz CT molecular complexity index is 502. The van der Waals surface area contributed by atoms with Gasteiger partial charge in [0.15, 0.2) is 0 Å². The molecule has 110 valence electrons. The summed E-state index contributed by atoms with van der Waals surface area (Å²) in [5.41, 5.74) is 0.585. The number of thioether (sulfide) groups is 1. The lowest BCUT2D eigenvalue weighted by Crippen LogP contribution is -2.43. The Morgan fingerprint density at radius 2 is 2.20 bits per heavy atom. The predicted octanol–water partition coefficient (Wildman–Crippen LogP) is 3.27. The molecule has 0 bridgehead atoms. The van der Waals surface area contributed by atoms with E-state index in [1.54, 1.807) is 18.2 Å². The summed E-state index contributed by atoms with van der Waals surface area (Å²) in [6.45, 7) is 0. The number of carbonyl (C=O) groups is 2. The van der Waals surface area contributed by atoms with Gasteiger partial charge >= 0.3 is 12.0 Å². The summed E-state index contributed by atoms with van der Waals surface area (Å²) in [4.78, 5) is 22.8. The fraction of sp³-hybridized carbons (Fsp3) is 0.333. The summed E-state index contributed by atoms with van der Waals surface area (Å²) in [6, 6.07) is 3.59. The van der Waals surface area contributed by atoms with E-state index in [2.05, 4.69) is 10.6 Å². The quantitative estimate of drug-likeness (QED) is 0.608. The number of nitrogens with one attached hydrogen (secondary N) is 2. The van der Waals surface area contributed by atoms with Crippen LogP contribution in [0.15, 0.2) is 18.2 Å². The molecule has 0 saturated carbocycles. The van der Waals surface area contributed by atoms with Crippen LogP contribution < -0.4 is 10.6 Å². The lowest BCUT2D eigenvalue weighted by atomic mass is 10.2. The molecule has 8 heteroatoms. The predicted molar refractivity (Wildman–Crippen MR) is 90.7 cm³/mol. The van der Waals surface area contributed by atoms with E-state index >= 15 is 0 Å². The minimum atomic E-state index is -1.04. The normalized spacial score (nSPS) is 11.8. The highest BCUT2D eigenvalue weighted by Crippen LogP contribution is 2.22. The SMILES string of the molecule is CSCC[C@@H](NC(=O)Nc1ccc(Cl)cc1I)C(=O)O. The first kappa shape index (κ1) is 17.4. The van der Waals surface area contributed by atoms with Crippen LogP contribution >= 0.6 is 46.0 Å². The molecule has 0 fully saturated rings. The molecule has 0 aromatic heterocycles. The molecule has 20 heavy (non-hydrogen) atoms. The number of carbonyl (C=O) groups excluding carboxylic acids is 1. The van der Waals surface area contributed by atoms with Crippen molar-refractivity contribution in [2.45, 2.75) is 12.5 Å². The first-order valence-corrected chi connectivity index (χ1v) is 8.53. The Hall–Kier alpha value is -0.670. The number of urea groups is 1. The molecule has 0 heterocycles. The monoisotopic (exact) mass is 428 g/mol. The highest BCUT2D eigenvalue weighted by Gasteiger charge is 2.19. The van der Waals surface area contributed by atoms with E-state index in [1.165, 1.54) is 11.8 Å². The van der Waals surface area contributed by atoms with E-state index in [0.717, 1.165) is 3.57 Å². The molecular weight excluding hydrogens is 415 g/mol. The van der Waals surface area contributed by atoms with Gasteiger partial charge in [0.25, 0.3) is 0 Å². The van der Waals surface area contributed by atoms with Gasteiger partial charge in [-0.1, -0.05) is 11.6 Å². The topological polar surface area (TPSA) is 78.4 Å². The molecule has 1 aromatic rings. The van der Waals surface area contributed by atoms with Crippen LogP contribution in [0.4, 0.5) is 10.5 Å². The maximum Gasteiger partial charge on any atom is 0.326 e. The molecule has 5 nitrogen and oxygen atoms in total. The van der Waals surface area contributed by atoms with Crippen LogP contribution in [-0.4, -0.2) is 35.2 Å². The van der Waals surface area contributed by atoms with Crippen LogP contribution in [0.25, 0.3) is 0 Å². The second kappa shape index (κ2) is 8.58. The lowest BCUT2D eigenvalue weighted by Gasteiger charge is -2.15. The van der Waals surface area contributed by atoms with Crippen LogP contribution in [0.1, 0.15) is 6.42 Å². The van der Waals surface area contributed by atoms with Crippen molar-refractivity contribution in [2.75, 3.05) is 17.3 Å². The second-order valence-corrected chi connectivity index (χ2v) is 6.48. The van der Waals surface area contributed by atoms with Gasteiger partial charge in [0.2, 0.25) is 0 Å². The molecule has 0 radical (unpaired) electrons. The number of aliphatic carboxylic acids is 1. The van der Waals surface area contributed by atoms with Crippen molar-refractivity contribution in [2.24, 2.45) is 0 Å². The van der Waals surface area contributed by atoms with Gasteiger partial charge in [-0.15, -0.1) is 0 Å². The molecule has 0 spiro atoms. The number of rotatable bonds is 6. The smallest absolute Gasteiger partial charge is 0.326 e. The van der Waals surface area contributed by atoms with Crippen molar-refractivity contribution in [1.82, 2.24) is 5.32 Å². The van der Waals surface area contributed by atoms with Gasteiger partial charge in [-0.25, -0.2) is 9.59 Å². The number of amides is 2. The molecule has 1 aromatic carbocycles. The van der Waals surface area contributed by atoms with E-state index in [0.29, 0.717) is 22.9 Å². The van der Waals surface area contributed by atoms with Gasteiger partial charge in [-0.2, -0.15) is 11.8 Å².